The molecule has 0 bridgehead atoms. The van der Waals surface area contributed by atoms with E-state index in [1.165, 1.54) is 0 Å². The highest BCUT2D eigenvalue weighted by Gasteiger charge is 2.15. The van der Waals surface area contributed by atoms with E-state index >= 15 is 0 Å². The van der Waals surface area contributed by atoms with Crippen molar-refractivity contribution in [2.45, 2.75) is 19.9 Å². The highest BCUT2D eigenvalue weighted by Crippen LogP contribution is 2.08. The summed E-state index contributed by atoms with van der Waals surface area (Å²) < 4.78 is 6.46. The van der Waals surface area contributed by atoms with Gasteiger partial charge in [-0.2, -0.15) is 5.10 Å². The highest BCUT2D eigenvalue weighted by atomic mass is 35.5. The molecule has 5 nitrogen and oxygen atoms in total. The number of hydrogen-bond acceptors (Lipinski definition) is 4. The smallest absolute Gasteiger partial charge is 0.356 e. The number of nitrogens with two attached hydrogens (primary N) is 1. The number of ether oxygens (including phenoxy) is 1. The van der Waals surface area contributed by atoms with Crippen LogP contribution in [0.3, 0.4) is 0 Å². The number of esters is 1. The van der Waals surface area contributed by atoms with Gasteiger partial charge in [-0.05, 0) is 19.9 Å². The van der Waals surface area contributed by atoms with Crippen molar-refractivity contribution in [2.24, 2.45) is 5.73 Å². The van der Waals surface area contributed by atoms with Crippen LogP contribution >= 0.6 is 12.4 Å². The monoisotopic (exact) mass is 233 g/mol. The lowest BCUT2D eigenvalue weighted by Gasteiger charge is -2.12. The number of rotatable bonds is 4. The molecule has 0 fully saturated rings. The van der Waals surface area contributed by atoms with Crippen molar-refractivity contribution in [2.75, 3.05) is 13.2 Å². The van der Waals surface area contributed by atoms with E-state index in [2.05, 4.69) is 5.10 Å². The first kappa shape index (κ1) is 13.9. The van der Waals surface area contributed by atoms with Crippen LogP contribution < -0.4 is 5.73 Å². The maximum absolute atomic E-state index is 11.4. The van der Waals surface area contributed by atoms with E-state index < -0.39 is 0 Å². The standard InChI is InChI=1S/C9H15N3O2.ClH/c1-3-14-9(13)8-4-5-11-12(8)7(2)6-10;/h4-5,7H,3,6,10H2,1-2H3;1H/t7-;/m0./s1. The lowest BCUT2D eigenvalue weighted by atomic mass is 10.3. The number of nitrogens with zero attached hydrogens (tertiary/aromatic N) is 2. The Morgan fingerprint density at radius 2 is 2.40 bits per heavy atom. The molecule has 0 saturated carbocycles. The first-order valence-corrected chi connectivity index (χ1v) is 4.61. The molecule has 0 aliphatic rings. The number of hydrogen-bond donors (Lipinski definition) is 1. The van der Waals surface area contributed by atoms with Gasteiger partial charge in [-0.15, -0.1) is 12.4 Å². The molecule has 1 atom stereocenters. The maximum atomic E-state index is 11.4. The summed E-state index contributed by atoms with van der Waals surface area (Å²) in [6, 6.07) is 1.63. The maximum Gasteiger partial charge on any atom is 0.356 e. The van der Waals surface area contributed by atoms with Crippen LogP contribution in [0.15, 0.2) is 12.3 Å². The second-order valence-corrected chi connectivity index (χ2v) is 2.97. The van der Waals surface area contributed by atoms with Gasteiger partial charge in [-0.25, -0.2) is 4.79 Å². The molecule has 15 heavy (non-hydrogen) atoms. The molecule has 0 spiro atoms. The topological polar surface area (TPSA) is 70.1 Å². The Bertz CT molecular complexity index is 314. The van der Waals surface area contributed by atoms with E-state index in [0.29, 0.717) is 18.8 Å². The number of aromatic nitrogens is 2. The molecular weight excluding hydrogens is 218 g/mol. The predicted molar refractivity (Wildman–Crippen MR) is 59.2 cm³/mol. The Hall–Kier alpha value is -1.07. The number of carbonyl (C=O) groups is 1. The van der Waals surface area contributed by atoms with E-state index in [4.69, 9.17) is 10.5 Å². The fourth-order valence-electron chi connectivity index (χ4n) is 1.13. The molecule has 0 aliphatic heterocycles. The molecule has 0 amide bonds. The SMILES string of the molecule is CCOC(=O)c1ccnn1[C@@H](C)CN.Cl. The lowest BCUT2D eigenvalue weighted by Crippen LogP contribution is -2.22. The second-order valence-electron chi connectivity index (χ2n) is 2.97. The van der Waals surface area contributed by atoms with Crippen LogP contribution in [0.1, 0.15) is 30.4 Å². The zero-order chi connectivity index (χ0) is 10.6. The van der Waals surface area contributed by atoms with Gasteiger partial charge in [0.1, 0.15) is 5.69 Å². The van der Waals surface area contributed by atoms with Crippen LogP contribution in [0.4, 0.5) is 0 Å². The van der Waals surface area contributed by atoms with Crippen LogP contribution in [0, 0.1) is 0 Å². The summed E-state index contributed by atoms with van der Waals surface area (Å²) in [4.78, 5) is 11.4. The van der Waals surface area contributed by atoms with E-state index in [0.717, 1.165) is 0 Å². The zero-order valence-corrected chi connectivity index (χ0v) is 9.66. The Morgan fingerprint density at radius 1 is 1.73 bits per heavy atom. The molecule has 86 valence electrons. The van der Waals surface area contributed by atoms with E-state index in [9.17, 15) is 4.79 Å². The zero-order valence-electron chi connectivity index (χ0n) is 8.84. The molecular formula is C9H16ClN3O2. The molecule has 0 saturated heterocycles. The minimum Gasteiger partial charge on any atom is -0.461 e. The molecule has 0 radical (unpaired) electrons. The van der Waals surface area contributed by atoms with Crippen molar-refractivity contribution >= 4 is 18.4 Å². The molecule has 6 heteroatoms. The largest absolute Gasteiger partial charge is 0.461 e. The van der Waals surface area contributed by atoms with Gasteiger partial charge in [-0.1, -0.05) is 0 Å². The minimum atomic E-state index is -0.356. The average Bonchev–Trinajstić information content (AvgIpc) is 2.65. The molecule has 1 aromatic rings. The Morgan fingerprint density at radius 3 is 2.93 bits per heavy atom. The van der Waals surface area contributed by atoms with Crippen molar-refractivity contribution in [1.29, 1.82) is 0 Å². The van der Waals surface area contributed by atoms with Crippen molar-refractivity contribution in [3.05, 3.63) is 18.0 Å². The van der Waals surface area contributed by atoms with Crippen LogP contribution in [-0.2, 0) is 4.74 Å². The number of halogens is 1. The first-order valence-electron chi connectivity index (χ1n) is 4.61. The third-order valence-corrected chi connectivity index (χ3v) is 1.91. The van der Waals surface area contributed by atoms with Gasteiger partial charge in [0.05, 0.1) is 12.6 Å². The van der Waals surface area contributed by atoms with Crippen LogP contribution in [0.2, 0.25) is 0 Å². The van der Waals surface area contributed by atoms with Gasteiger partial charge in [0.2, 0.25) is 0 Å². The van der Waals surface area contributed by atoms with E-state index in [1.54, 1.807) is 23.9 Å². The Kier molecular flexibility index (Phi) is 5.96. The Balaban J connectivity index is 0.00000196. The van der Waals surface area contributed by atoms with Gasteiger partial charge in [0, 0.05) is 12.7 Å². The minimum absolute atomic E-state index is 0. The third-order valence-electron chi connectivity index (χ3n) is 1.91. The summed E-state index contributed by atoms with van der Waals surface area (Å²) in [6.45, 7) is 4.47. The van der Waals surface area contributed by atoms with Crippen LogP contribution in [0.25, 0.3) is 0 Å². The first-order chi connectivity index (χ1) is 6.70. The van der Waals surface area contributed by atoms with E-state index in [1.807, 2.05) is 6.92 Å². The van der Waals surface area contributed by atoms with Gasteiger partial charge in [-0.3, -0.25) is 4.68 Å². The molecule has 1 aromatic heterocycles. The van der Waals surface area contributed by atoms with Crippen LogP contribution in [0.5, 0.6) is 0 Å². The summed E-state index contributed by atoms with van der Waals surface area (Å²) in [5, 5.41) is 4.03. The molecule has 0 aliphatic carbocycles. The molecule has 0 aromatic carbocycles. The average molecular weight is 234 g/mol. The molecule has 1 rings (SSSR count). The van der Waals surface area contributed by atoms with Crippen molar-refractivity contribution in [1.82, 2.24) is 9.78 Å². The third kappa shape index (κ3) is 3.21. The highest BCUT2D eigenvalue weighted by molar-refractivity contribution is 5.87. The van der Waals surface area contributed by atoms with Gasteiger partial charge in [0.15, 0.2) is 0 Å². The van der Waals surface area contributed by atoms with Crippen molar-refractivity contribution < 1.29 is 9.53 Å². The summed E-state index contributed by atoms with van der Waals surface area (Å²) in [6.07, 6.45) is 1.57. The van der Waals surface area contributed by atoms with Gasteiger partial charge < -0.3 is 10.5 Å². The van der Waals surface area contributed by atoms with E-state index in [-0.39, 0.29) is 24.4 Å². The van der Waals surface area contributed by atoms with Gasteiger partial charge in [0.25, 0.3) is 0 Å². The quantitative estimate of drug-likeness (QED) is 0.788. The fraction of sp³-hybridized carbons (Fsp3) is 0.556. The molecule has 0 unspecified atom stereocenters. The van der Waals surface area contributed by atoms with Crippen LogP contribution in [-0.4, -0.2) is 28.9 Å². The van der Waals surface area contributed by atoms with Crippen molar-refractivity contribution in [3.63, 3.8) is 0 Å². The predicted octanol–water partition coefficient (Wildman–Crippen LogP) is 1.00. The fourth-order valence-corrected chi connectivity index (χ4v) is 1.13. The lowest BCUT2D eigenvalue weighted by molar-refractivity contribution is 0.0509. The summed E-state index contributed by atoms with van der Waals surface area (Å²) >= 11 is 0. The Labute approximate surface area is 95.0 Å². The molecule has 2 N–H and O–H groups in total. The van der Waals surface area contributed by atoms with Crippen molar-refractivity contribution in [3.8, 4) is 0 Å². The number of carbonyl (C=O) groups excluding carboxylic acids is 1. The molecule has 1 heterocycles. The van der Waals surface area contributed by atoms with Gasteiger partial charge >= 0.3 is 5.97 Å². The summed E-state index contributed by atoms with van der Waals surface area (Å²) in [7, 11) is 0. The summed E-state index contributed by atoms with van der Waals surface area (Å²) in [5.41, 5.74) is 5.94. The normalized spacial score (nSPS) is 11.7. The summed E-state index contributed by atoms with van der Waals surface area (Å²) in [5.74, 6) is -0.356. The second kappa shape index (κ2) is 6.42.